The van der Waals surface area contributed by atoms with Crippen LogP contribution < -0.4 is 10.1 Å². The molecule has 4 nitrogen and oxygen atoms in total. The molecule has 1 saturated heterocycles. The lowest BCUT2D eigenvalue weighted by molar-refractivity contribution is 0.139. The van der Waals surface area contributed by atoms with E-state index in [2.05, 4.69) is 21.3 Å². The molecule has 0 radical (unpaired) electrons. The van der Waals surface area contributed by atoms with Crippen molar-refractivity contribution in [3.63, 3.8) is 0 Å². The molecule has 1 aliphatic carbocycles. The van der Waals surface area contributed by atoms with E-state index in [1.54, 1.807) is 7.11 Å². The quantitative estimate of drug-likeness (QED) is 0.924. The van der Waals surface area contributed by atoms with E-state index in [-0.39, 0.29) is 0 Å². The minimum Gasteiger partial charge on any atom is -0.481 e. The summed E-state index contributed by atoms with van der Waals surface area (Å²) < 4.78 is 5.22. The average molecular weight is 289 g/mol. The van der Waals surface area contributed by atoms with Gasteiger partial charge in [0.25, 0.3) is 0 Å². The zero-order valence-corrected chi connectivity index (χ0v) is 13.1. The fourth-order valence-corrected chi connectivity index (χ4v) is 3.73. The highest BCUT2D eigenvalue weighted by molar-refractivity contribution is 5.15. The van der Waals surface area contributed by atoms with E-state index < -0.39 is 0 Å². The minimum absolute atomic E-state index is 0.671. The number of ether oxygens (including phenoxy) is 1. The van der Waals surface area contributed by atoms with E-state index in [9.17, 15) is 0 Å². The van der Waals surface area contributed by atoms with Crippen LogP contribution in [-0.4, -0.2) is 42.7 Å². The maximum Gasteiger partial charge on any atom is 0.213 e. The zero-order valence-electron chi connectivity index (χ0n) is 13.1. The first-order valence-electron chi connectivity index (χ1n) is 8.31. The molecule has 3 rings (SSSR count). The highest BCUT2D eigenvalue weighted by Gasteiger charge is 2.28. The van der Waals surface area contributed by atoms with Gasteiger partial charge in [-0.1, -0.05) is 25.3 Å². The molecule has 0 amide bonds. The average Bonchev–Trinajstić information content (AvgIpc) is 2.56. The van der Waals surface area contributed by atoms with Gasteiger partial charge in [-0.05, 0) is 24.8 Å². The smallest absolute Gasteiger partial charge is 0.213 e. The minimum atomic E-state index is 0.671. The molecule has 2 heterocycles. The van der Waals surface area contributed by atoms with Gasteiger partial charge in [-0.3, -0.25) is 4.90 Å². The van der Waals surface area contributed by atoms with E-state index in [4.69, 9.17) is 4.74 Å². The van der Waals surface area contributed by atoms with Gasteiger partial charge in [0.1, 0.15) is 0 Å². The normalized spacial score (nSPS) is 24.9. The summed E-state index contributed by atoms with van der Waals surface area (Å²) in [6.45, 7) is 4.30. The van der Waals surface area contributed by atoms with Gasteiger partial charge in [0.2, 0.25) is 5.88 Å². The Hall–Kier alpha value is -1.13. The van der Waals surface area contributed by atoms with Crippen molar-refractivity contribution in [1.82, 2.24) is 15.2 Å². The zero-order chi connectivity index (χ0) is 14.5. The summed E-state index contributed by atoms with van der Waals surface area (Å²) in [5.41, 5.74) is 1.11. The summed E-state index contributed by atoms with van der Waals surface area (Å²) in [5, 5.41) is 3.74. The fourth-order valence-electron chi connectivity index (χ4n) is 3.73. The summed E-state index contributed by atoms with van der Waals surface area (Å²) in [4.78, 5) is 7.08. The van der Waals surface area contributed by atoms with Crippen LogP contribution in [0.1, 0.15) is 37.8 Å². The van der Waals surface area contributed by atoms with Crippen molar-refractivity contribution in [3.8, 4) is 5.88 Å². The summed E-state index contributed by atoms with van der Waals surface area (Å²) in [6, 6.07) is 6.71. The molecule has 0 bridgehead atoms. The molecule has 1 unspecified atom stereocenters. The Kier molecular flexibility index (Phi) is 5.09. The van der Waals surface area contributed by atoms with Crippen LogP contribution in [-0.2, 0) is 6.54 Å². The van der Waals surface area contributed by atoms with Gasteiger partial charge in [-0.15, -0.1) is 0 Å². The molecular weight excluding hydrogens is 262 g/mol. The van der Waals surface area contributed by atoms with Crippen molar-refractivity contribution in [2.24, 2.45) is 5.92 Å². The molecule has 1 atom stereocenters. The summed E-state index contributed by atoms with van der Waals surface area (Å²) in [6.07, 6.45) is 7.08. The van der Waals surface area contributed by atoms with Crippen molar-refractivity contribution in [1.29, 1.82) is 0 Å². The van der Waals surface area contributed by atoms with Gasteiger partial charge in [-0.2, -0.15) is 0 Å². The maximum atomic E-state index is 5.22. The van der Waals surface area contributed by atoms with E-state index in [0.29, 0.717) is 11.9 Å². The number of methoxy groups -OCH3 is 1. The van der Waals surface area contributed by atoms with Crippen LogP contribution in [0.5, 0.6) is 5.88 Å². The van der Waals surface area contributed by atoms with Crippen LogP contribution >= 0.6 is 0 Å². The third-order valence-electron chi connectivity index (χ3n) is 4.88. The third-order valence-corrected chi connectivity index (χ3v) is 4.88. The van der Waals surface area contributed by atoms with Gasteiger partial charge in [-0.25, -0.2) is 4.98 Å². The monoisotopic (exact) mass is 289 g/mol. The van der Waals surface area contributed by atoms with Crippen LogP contribution in [0.2, 0.25) is 0 Å². The van der Waals surface area contributed by atoms with Crippen molar-refractivity contribution in [2.75, 3.05) is 26.7 Å². The molecule has 0 aromatic carbocycles. The molecule has 1 aliphatic heterocycles. The summed E-state index contributed by atoms with van der Waals surface area (Å²) in [5.74, 6) is 1.59. The highest BCUT2D eigenvalue weighted by Crippen LogP contribution is 2.28. The maximum absolute atomic E-state index is 5.22. The molecule has 2 fully saturated rings. The van der Waals surface area contributed by atoms with E-state index in [1.165, 1.54) is 32.1 Å². The molecule has 1 saturated carbocycles. The van der Waals surface area contributed by atoms with E-state index >= 15 is 0 Å². The van der Waals surface area contributed by atoms with Crippen molar-refractivity contribution < 1.29 is 4.74 Å². The Morgan fingerprint density at radius 3 is 2.95 bits per heavy atom. The Balaban J connectivity index is 1.57. The Morgan fingerprint density at radius 2 is 2.14 bits per heavy atom. The summed E-state index contributed by atoms with van der Waals surface area (Å²) >= 11 is 0. The van der Waals surface area contributed by atoms with Crippen LogP contribution in [0.3, 0.4) is 0 Å². The topological polar surface area (TPSA) is 37.4 Å². The second kappa shape index (κ2) is 7.23. The van der Waals surface area contributed by atoms with Crippen molar-refractivity contribution in [2.45, 2.75) is 44.7 Å². The molecule has 21 heavy (non-hydrogen) atoms. The highest BCUT2D eigenvalue weighted by atomic mass is 16.5. The molecule has 116 valence electrons. The SMILES string of the molecule is COc1cccc(CN2CCNC(C3CCCCC3)C2)n1. The number of hydrogen-bond acceptors (Lipinski definition) is 4. The Bertz CT molecular complexity index is 445. The van der Waals surface area contributed by atoms with Gasteiger partial charge < -0.3 is 10.1 Å². The second-order valence-electron chi connectivity index (χ2n) is 6.37. The molecule has 0 spiro atoms. The predicted molar refractivity (Wildman–Crippen MR) is 84.4 cm³/mol. The van der Waals surface area contributed by atoms with E-state index in [1.807, 2.05) is 12.1 Å². The lowest BCUT2D eigenvalue weighted by atomic mass is 9.83. The number of nitrogens with one attached hydrogen (secondary N) is 1. The third kappa shape index (κ3) is 3.95. The van der Waals surface area contributed by atoms with Crippen molar-refractivity contribution in [3.05, 3.63) is 23.9 Å². The molecular formula is C17H27N3O. The lowest BCUT2D eigenvalue weighted by Gasteiger charge is -2.39. The number of rotatable bonds is 4. The lowest BCUT2D eigenvalue weighted by Crippen LogP contribution is -2.53. The van der Waals surface area contributed by atoms with Crippen LogP contribution in [0.4, 0.5) is 0 Å². The number of hydrogen-bond donors (Lipinski definition) is 1. The van der Waals surface area contributed by atoms with Gasteiger partial charge in [0.05, 0.1) is 12.8 Å². The van der Waals surface area contributed by atoms with Gasteiger partial charge in [0, 0.05) is 38.3 Å². The van der Waals surface area contributed by atoms with Gasteiger partial charge in [0.15, 0.2) is 0 Å². The first kappa shape index (κ1) is 14.8. The van der Waals surface area contributed by atoms with Crippen LogP contribution in [0.25, 0.3) is 0 Å². The van der Waals surface area contributed by atoms with Gasteiger partial charge >= 0.3 is 0 Å². The standard InChI is InChI=1S/C17H27N3O/c1-21-17-9-5-8-15(19-17)12-20-11-10-18-16(13-20)14-6-3-2-4-7-14/h5,8-9,14,16,18H,2-4,6-7,10-13H2,1H3. The Morgan fingerprint density at radius 1 is 1.29 bits per heavy atom. The number of nitrogens with zero attached hydrogens (tertiary/aromatic N) is 2. The fraction of sp³-hybridized carbons (Fsp3) is 0.706. The predicted octanol–water partition coefficient (Wildman–Crippen LogP) is 2.44. The molecule has 2 aliphatic rings. The first-order valence-corrected chi connectivity index (χ1v) is 8.31. The molecule has 1 aromatic rings. The van der Waals surface area contributed by atoms with Crippen LogP contribution in [0.15, 0.2) is 18.2 Å². The van der Waals surface area contributed by atoms with E-state index in [0.717, 1.165) is 37.8 Å². The summed E-state index contributed by atoms with van der Waals surface area (Å²) in [7, 11) is 1.68. The first-order chi connectivity index (χ1) is 10.3. The largest absolute Gasteiger partial charge is 0.481 e. The molecule has 4 heteroatoms. The molecule has 1 aromatic heterocycles. The Labute approximate surface area is 127 Å². The molecule has 1 N–H and O–H groups in total. The van der Waals surface area contributed by atoms with Crippen LogP contribution in [0, 0.1) is 5.92 Å². The number of piperazine rings is 1. The number of pyridine rings is 1. The van der Waals surface area contributed by atoms with Crippen molar-refractivity contribution >= 4 is 0 Å². The number of aromatic nitrogens is 1. The second-order valence-corrected chi connectivity index (χ2v) is 6.37.